The molecule has 0 atom stereocenters. The molecule has 2 rings (SSSR count). The molecule has 2 aromatic rings. The van der Waals surface area contributed by atoms with Gasteiger partial charge in [0, 0.05) is 5.56 Å². The summed E-state index contributed by atoms with van der Waals surface area (Å²) in [7, 11) is 0. The first-order chi connectivity index (χ1) is 8.66. The Balaban J connectivity index is 2.30. The number of hydrogen-bond donors (Lipinski definition) is 2. The SMILES string of the molecule is NC(=O)OCc1ncc(N)c(-c2ccccc2)n1. The predicted molar refractivity (Wildman–Crippen MR) is 66.3 cm³/mol. The van der Waals surface area contributed by atoms with Crippen LogP contribution >= 0.6 is 0 Å². The van der Waals surface area contributed by atoms with Crippen LogP contribution in [0.4, 0.5) is 10.5 Å². The van der Waals surface area contributed by atoms with E-state index < -0.39 is 6.09 Å². The molecule has 0 saturated heterocycles. The maximum atomic E-state index is 10.5. The standard InChI is InChI=1S/C12H12N4O2/c13-9-6-15-10(7-18-12(14)17)16-11(9)8-4-2-1-3-5-8/h1-6H,7,13H2,(H2,14,17). The number of hydrogen-bond acceptors (Lipinski definition) is 5. The third kappa shape index (κ3) is 2.73. The number of amides is 1. The molecule has 0 unspecified atom stereocenters. The van der Waals surface area contributed by atoms with Crippen LogP contribution in [0.1, 0.15) is 5.82 Å². The highest BCUT2D eigenvalue weighted by atomic mass is 16.5. The van der Waals surface area contributed by atoms with Gasteiger partial charge in [0.25, 0.3) is 0 Å². The van der Waals surface area contributed by atoms with E-state index in [9.17, 15) is 4.79 Å². The van der Waals surface area contributed by atoms with Gasteiger partial charge >= 0.3 is 6.09 Å². The summed E-state index contributed by atoms with van der Waals surface area (Å²) < 4.78 is 4.63. The number of carbonyl (C=O) groups excluding carboxylic acids is 1. The summed E-state index contributed by atoms with van der Waals surface area (Å²) in [6.45, 7) is -0.0740. The van der Waals surface area contributed by atoms with Crippen LogP contribution in [0.2, 0.25) is 0 Å². The maximum absolute atomic E-state index is 10.5. The van der Waals surface area contributed by atoms with Crippen LogP contribution in [0.5, 0.6) is 0 Å². The van der Waals surface area contributed by atoms with E-state index in [4.69, 9.17) is 11.5 Å². The number of carbonyl (C=O) groups is 1. The van der Waals surface area contributed by atoms with Crippen LogP contribution in [0.15, 0.2) is 36.5 Å². The van der Waals surface area contributed by atoms with Gasteiger partial charge in [-0.05, 0) is 0 Å². The molecule has 0 saturated carbocycles. The lowest BCUT2D eigenvalue weighted by atomic mass is 10.1. The second-order valence-electron chi connectivity index (χ2n) is 3.56. The van der Waals surface area contributed by atoms with Crippen LogP contribution < -0.4 is 11.5 Å². The first-order valence-corrected chi connectivity index (χ1v) is 5.26. The van der Waals surface area contributed by atoms with Crippen molar-refractivity contribution in [2.24, 2.45) is 5.73 Å². The number of nitrogens with zero attached hydrogens (tertiary/aromatic N) is 2. The third-order valence-corrected chi connectivity index (χ3v) is 2.26. The zero-order valence-electron chi connectivity index (χ0n) is 9.54. The lowest BCUT2D eigenvalue weighted by Crippen LogP contribution is -2.14. The molecule has 1 aromatic heterocycles. The number of rotatable bonds is 3. The van der Waals surface area contributed by atoms with Crippen molar-refractivity contribution in [3.63, 3.8) is 0 Å². The van der Waals surface area contributed by atoms with Gasteiger partial charge in [0.2, 0.25) is 0 Å². The highest BCUT2D eigenvalue weighted by Crippen LogP contribution is 2.22. The van der Waals surface area contributed by atoms with Crippen LogP contribution in [0.3, 0.4) is 0 Å². The van der Waals surface area contributed by atoms with Crippen molar-refractivity contribution in [3.05, 3.63) is 42.4 Å². The fourth-order valence-electron chi connectivity index (χ4n) is 1.46. The quantitative estimate of drug-likeness (QED) is 0.847. The fraction of sp³-hybridized carbons (Fsp3) is 0.0833. The molecule has 0 aliphatic heterocycles. The van der Waals surface area contributed by atoms with Gasteiger partial charge in [0.15, 0.2) is 12.4 Å². The van der Waals surface area contributed by atoms with Crippen LogP contribution in [0, 0.1) is 0 Å². The molecule has 0 aliphatic rings. The molecular weight excluding hydrogens is 232 g/mol. The van der Waals surface area contributed by atoms with E-state index in [1.807, 2.05) is 30.3 Å². The molecule has 92 valence electrons. The molecule has 0 spiro atoms. The van der Waals surface area contributed by atoms with Crippen LogP contribution in [-0.2, 0) is 11.3 Å². The second-order valence-corrected chi connectivity index (χ2v) is 3.56. The van der Waals surface area contributed by atoms with Gasteiger partial charge in [0.1, 0.15) is 0 Å². The van der Waals surface area contributed by atoms with Gasteiger partial charge in [-0.25, -0.2) is 14.8 Å². The summed E-state index contributed by atoms with van der Waals surface area (Å²) in [6, 6.07) is 9.44. The summed E-state index contributed by atoms with van der Waals surface area (Å²) >= 11 is 0. The minimum atomic E-state index is -0.864. The Labute approximate surface area is 104 Å². The molecule has 0 fully saturated rings. The minimum Gasteiger partial charge on any atom is -0.441 e. The third-order valence-electron chi connectivity index (χ3n) is 2.26. The second kappa shape index (κ2) is 5.13. The monoisotopic (exact) mass is 244 g/mol. The molecule has 0 bridgehead atoms. The van der Waals surface area contributed by atoms with Crippen molar-refractivity contribution in [1.82, 2.24) is 9.97 Å². The van der Waals surface area contributed by atoms with Gasteiger partial charge in [-0.2, -0.15) is 0 Å². The van der Waals surface area contributed by atoms with E-state index in [1.54, 1.807) is 0 Å². The number of primary amides is 1. The number of ether oxygens (including phenoxy) is 1. The topological polar surface area (TPSA) is 104 Å². The molecular formula is C12H12N4O2. The smallest absolute Gasteiger partial charge is 0.404 e. The number of benzene rings is 1. The average molecular weight is 244 g/mol. The first kappa shape index (κ1) is 11.8. The minimum absolute atomic E-state index is 0.0740. The van der Waals surface area contributed by atoms with E-state index in [0.29, 0.717) is 17.2 Å². The lowest BCUT2D eigenvalue weighted by molar-refractivity contribution is 0.147. The van der Waals surface area contributed by atoms with E-state index >= 15 is 0 Å². The summed E-state index contributed by atoms with van der Waals surface area (Å²) in [4.78, 5) is 18.7. The zero-order chi connectivity index (χ0) is 13.0. The largest absolute Gasteiger partial charge is 0.441 e. The van der Waals surface area contributed by atoms with Crippen molar-refractivity contribution in [3.8, 4) is 11.3 Å². The number of nitrogen functional groups attached to an aromatic ring is 1. The van der Waals surface area contributed by atoms with Crippen LogP contribution in [-0.4, -0.2) is 16.1 Å². The van der Waals surface area contributed by atoms with Crippen molar-refractivity contribution < 1.29 is 9.53 Å². The van der Waals surface area contributed by atoms with E-state index in [-0.39, 0.29) is 6.61 Å². The Hall–Kier alpha value is -2.63. The Morgan fingerprint density at radius 2 is 2.00 bits per heavy atom. The van der Waals surface area contributed by atoms with Crippen molar-refractivity contribution in [2.75, 3.05) is 5.73 Å². The lowest BCUT2D eigenvalue weighted by Gasteiger charge is -2.07. The average Bonchev–Trinajstić information content (AvgIpc) is 2.38. The van der Waals surface area contributed by atoms with Crippen molar-refractivity contribution >= 4 is 11.8 Å². The number of aromatic nitrogens is 2. The zero-order valence-corrected chi connectivity index (χ0v) is 9.54. The molecule has 18 heavy (non-hydrogen) atoms. The van der Waals surface area contributed by atoms with E-state index in [0.717, 1.165) is 5.56 Å². The van der Waals surface area contributed by atoms with Gasteiger partial charge in [-0.3, -0.25) is 0 Å². The van der Waals surface area contributed by atoms with Crippen molar-refractivity contribution in [2.45, 2.75) is 6.61 Å². The normalized spacial score (nSPS) is 10.0. The Morgan fingerprint density at radius 3 is 2.67 bits per heavy atom. The maximum Gasteiger partial charge on any atom is 0.404 e. The van der Waals surface area contributed by atoms with Crippen LogP contribution in [0.25, 0.3) is 11.3 Å². The molecule has 6 heteroatoms. The summed E-state index contributed by atoms with van der Waals surface area (Å²) in [5, 5.41) is 0. The molecule has 1 aromatic carbocycles. The Kier molecular flexibility index (Phi) is 3.38. The Morgan fingerprint density at radius 1 is 1.28 bits per heavy atom. The highest BCUT2D eigenvalue weighted by molar-refractivity contribution is 5.71. The summed E-state index contributed by atoms with van der Waals surface area (Å²) in [5.74, 6) is 0.349. The Bertz CT molecular complexity index is 557. The van der Waals surface area contributed by atoms with E-state index in [2.05, 4.69) is 14.7 Å². The highest BCUT2D eigenvalue weighted by Gasteiger charge is 2.07. The van der Waals surface area contributed by atoms with Gasteiger partial charge in [-0.1, -0.05) is 30.3 Å². The van der Waals surface area contributed by atoms with Crippen molar-refractivity contribution in [1.29, 1.82) is 0 Å². The predicted octanol–water partition coefficient (Wildman–Crippen LogP) is 1.32. The molecule has 0 aliphatic carbocycles. The fourth-order valence-corrected chi connectivity index (χ4v) is 1.46. The number of nitrogens with two attached hydrogens (primary N) is 2. The molecule has 0 radical (unpaired) electrons. The summed E-state index contributed by atoms with van der Waals surface area (Å²) in [6.07, 6.45) is 0.617. The molecule has 1 amide bonds. The van der Waals surface area contributed by atoms with Gasteiger partial charge in [-0.15, -0.1) is 0 Å². The van der Waals surface area contributed by atoms with E-state index in [1.165, 1.54) is 6.20 Å². The number of anilines is 1. The molecule has 1 heterocycles. The molecule has 4 N–H and O–H groups in total. The molecule has 6 nitrogen and oxygen atoms in total. The summed E-state index contributed by atoms with van der Waals surface area (Å²) in [5.41, 5.74) is 12.6. The van der Waals surface area contributed by atoms with Gasteiger partial charge in [0.05, 0.1) is 17.6 Å². The van der Waals surface area contributed by atoms with Gasteiger partial charge < -0.3 is 16.2 Å². The first-order valence-electron chi connectivity index (χ1n) is 5.26.